The van der Waals surface area contributed by atoms with E-state index in [2.05, 4.69) is 5.32 Å². The monoisotopic (exact) mass is 127 g/mol. The molecular formula is C7H13NO. The van der Waals surface area contributed by atoms with Gasteiger partial charge in [0.1, 0.15) is 5.78 Å². The van der Waals surface area contributed by atoms with Gasteiger partial charge in [-0.3, -0.25) is 4.79 Å². The van der Waals surface area contributed by atoms with E-state index in [0.29, 0.717) is 18.1 Å². The molecule has 9 heavy (non-hydrogen) atoms. The van der Waals surface area contributed by atoms with Gasteiger partial charge in [0, 0.05) is 12.8 Å². The zero-order valence-electron chi connectivity index (χ0n) is 5.81. The van der Waals surface area contributed by atoms with E-state index in [1.54, 1.807) is 0 Å². The van der Waals surface area contributed by atoms with Crippen LogP contribution in [0.2, 0.25) is 0 Å². The molecule has 0 radical (unpaired) electrons. The lowest BCUT2D eigenvalue weighted by Gasteiger charge is -2.25. The first kappa shape index (κ1) is 6.75. The quantitative estimate of drug-likeness (QED) is 0.600. The Morgan fingerprint density at radius 1 is 1.67 bits per heavy atom. The highest BCUT2D eigenvalue weighted by atomic mass is 16.1. The molecule has 0 amide bonds. The van der Waals surface area contributed by atoms with Gasteiger partial charge in [0.05, 0.1) is 0 Å². The highest BCUT2D eigenvalue weighted by Gasteiger charge is 2.18. The molecule has 0 bridgehead atoms. The van der Waals surface area contributed by atoms with Crippen LogP contribution < -0.4 is 5.32 Å². The molecule has 1 rings (SSSR count). The summed E-state index contributed by atoms with van der Waals surface area (Å²) >= 11 is 0. The number of hydrogen-bond donors (Lipinski definition) is 1. The molecule has 0 atom stereocenters. The van der Waals surface area contributed by atoms with Gasteiger partial charge in [0.2, 0.25) is 0 Å². The molecule has 0 aromatic heterocycles. The molecule has 0 aromatic carbocycles. The molecule has 1 heterocycles. The molecule has 2 heteroatoms. The molecule has 0 unspecified atom stereocenters. The second-order valence-electron chi connectivity index (χ2n) is 2.62. The number of rotatable bonds is 3. The van der Waals surface area contributed by atoms with Crippen LogP contribution in [0.3, 0.4) is 0 Å². The molecule has 0 saturated carbocycles. The minimum Gasteiger partial charge on any atom is -0.316 e. The summed E-state index contributed by atoms with van der Waals surface area (Å²) in [4.78, 5) is 10.8. The van der Waals surface area contributed by atoms with Crippen molar-refractivity contribution < 1.29 is 4.79 Å². The van der Waals surface area contributed by atoms with Crippen molar-refractivity contribution in [1.82, 2.24) is 5.32 Å². The topological polar surface area (TPSA) is 29.1 Å². The maximum Gasteiger partial charge on any atom is 0.133 e. The van der Waals surface area contributed by atoms with Gasteiger partial charge in [-0.05, 0) is 19.0 Å². The third kappa shape index (κ3) is 1.79. The van der Waals surface area contributed by atoms with Gasteiger partial charge in [0.25, 0.3) is 0 Å². The Hall–Kier alpha value is -0.370. The fourth-order valence-corrected chi connectivity index (χ4v) is 0.959. The third-order valence-electron chi connectivity index (χ3n) is 1.78. The Labute approximate surface area is 55.6 Å². The van der Waals surface area contributed by atoms with E-state index < -0.39 is 0 Å². The molecule has 0 aliphatic carbocycles. The lowest BCUT2D eigenvalue weighted by atomic mass is 9.96. The Bertz CT molecular complexity index is 107. The SMILES string of the molecule is CCC(=O)CC1CNC1. The first-order valence-corrected chi connectivity index (χ1v) is 3.55. The van der Waals surface area contributed by atoms with Crippen LogP contribution in [0.4, 0.5) is 0 Å². The molecule has 2 nitrogen and oxygen atoms in total. The third-order valence-corrected chi connectivity index (χ3v) is 1.78. The number of hydrogen-bond acceptors (Lipinski definition) is 2. The molecule has 1 N–H and O–H groups in total. The Morgan fingerprint density at radius 2 is 2.33 bits per heavy atom. The molecule has 0 aromatic rings. The van der Waals surface area contributed by atoms with Gasteiger partial charge >= 0.3 is 0 Å². The van der Waals surface area contributed by atoms with Crippen molar-refractivity contribution in [3.63, 3.8) is 0 Å². The molecule has 1 aliphatic heterocycles. The minimum atomic E-state index is 0.404. The number of carbonyl (C=O) groups is 1. The highest BCUT2D eigenvalue weighted by Crippen LogP contribution is 2.09. The van der Waals surface area contributed by atoms with Gasteiger partial charge < -0.3 is 5.32 Å². The second kappa shape index (κ2) is 2.97. The van der Waals surface area contributed by atoms with Crippen molar-refractivity contribution in [3.8, 4) is 0 Å². The lowest BCUT2D eigenvalue weighted by molar-refractivity contribution is -0.120. The van der Waals surface area contributed by atoms with Crippen LogP contribution in [0.15, 0.2) is 0 Å². The van der Waals surface area contributed by atoms with Crippen molar-refractivity contribution in [2.75, 3.05) is 13.1 Å². The molecular weight excluding hydrogens is 114 g/mol. The summed E-state index contributed by atoms with van der Waals surface area (Å²) in [6, 6.07) is 0. The predicted molar refractivity (Wildman–Crippen MR) is 36.3 cm³/mol. The van der Waals surface area contributed by atoms with Crippen LogP contribution in [0.5, 0.6) is 0 Å². The highest BCUT2D eigenvalue weighted by molar-refractivity contribution is 5.78. The first-order chi connectivity index (χ1) is 4.33. The summed E-state index contributed by atoms with van der Waals surface area (Å²) in [5.74, 6) is 1.05. The largest absolute Gasteiger partial charge is 0.316 e. The van der Waals surface area contributed by atoms with Crippen LogP contribution in [0.1, 0.15) is 19.8 Å². The summed E-state index contributed by atoms with van der Waals surface area (Å²) in [7, 11) is 0. The van der Waals surface area contributed by atoms with Crippen LogP contribution in [-0.2, 0) is 4.79 Å². The van der Waals surface area contributed by atoms with E-state index in [1.807, 2.05) is 6.92 Å². The van der Waals surface area contributed by atoms with Crippen molar-refractivity contribution >= 4 is 5.78 Å². The van der Waals surface area contributed by atoms with Crippen LogP contribution >= 0.6 is 0 Å². The Kier molecular flexibility index (Phi) is 2.22. The minimum absolute atomic E-state index is 0.404. The van der Waals surface area contributed by atoms with Crippen LogP contribution in [-0.4, -0.2) is 18.9 Å². The molecule has 1 fully saturated rings. The van der Waals surface area contributed by atoms with E-state index in [0.717, 1.165) is 19.5 Å². The molecule has 0 spiro atoms. The van der Waals surface area contributed by atoms with Crippen molar-refractivity contribution in [2.45, 2.75) is 19.8 Å². The smallest absolute Gasteiger partial charge is 0.133 e. The summed E-state index contributed by atoms with van der Waals surface area (Å²) in [6.45, 7) is 4.02. The van der Waals surface area contributed by atoms with Crippen LogP contribution in [0, 0.1) is 5.92 Å². The van der Waals surface area contributed by atoms with Crippen molar-refractivity contribution in [3.05, 3.63) is 0 Å². The molecule has 52 valence electrons. The van der Waals surface area contributed by atoms with E-state index in [-0.39, 0.29) is 0 Å². The fraction of sp³-hybridized carbons (Fsp3) is 0.857. The standard InChI is InChI=1S/C7H13NO/c1-2-7(9)3-6-4-8-5-6/h6,8H,2-5H2,1H3. The average molecular weight is 127 g/mol. The maximum absolute atomic E-state index is 10.8. The Morgan fingerprint density at radius 3 is 2.67 bits per heavy atom. The maximum atomic E-state index is 10.8. The van der Waals surface area contributed by atoms with E-state index in [1.165, 1.54) is 0 Å². The molecule has 1 saturated heterocycles. The number of nitrogens with one attached hydrogen (secondary N) is 1. The van der Waals surface area contributed by atoms with Gasteiger partial charge in [-0.1, -0.05) is 6.92 Å². The summed E-state index contributed by atoms with van der Waals surface area (Å²) in [5, 5.41) is 3.14. The van der Waals surface area contributed by atoms with E-state index in [9.17, 15) is 4.79 Å². The van der Waals surface area contributed by atoms with Crippen molar-refractivity contribution in [1.29, 1.82) is 0 Å². The van der Waals surface area contributed by atoms with E-state index in [4.69, 9.17) is 0 Å². The molecule has 1 aliphatic rings. The fourth-order valence-electron chi connectivity index (χ4n) is 0.959. The normalized spacial score (nSPS) is 19.2. The van der Waals surface area contributed by atoms with Gasteiger partial charge in [-0.15, -0.1) is 0 Å². The van der Waals surface area contributed by atoms with Crippen LogP contribution in [0.25, 0.3) is 0 Å². The Balaban J connectivity index is 2.09. The summed E-state index contributed by atoms with van der Waals surface area (Å²) in [5.41, 5.74) is 0. The summed E-state index contributed by atoms with van der Waals surface area (Å²) in [6.07, 6.45) is 1.50. The number of carbonyl (C=O) groups excluding carboxylic acids is 1. The van der Waals surface area contributed by atoms with E-state index >= 15 is 0 Å². The number of ketones is 1. The van der Waals surface area contributed by atoms with Gasteiger partial charge in [-0.2, -0.15) is 0 Å². The predicted octanol–water partition coefficient (Wildman–Crippen LogP) is 0.575. The average Bonchev–Trinajstić information content (AvgIpc) is 1.78. The number of Topliss-reactive ketones (excluding diaryl/α,β-unsaturated/α-hetero) is 1. The second-order valence-corrected chi connectivity index (χ2v) is 2.62. The van der Waals surface area contributed by atoms with Gasteiger partial charge in [-0.25, -0.2) is 0 Å². The lowest BCUT2D eigenvalue weighted by Crippen LogP contribution is -2.42. The zero-order valence-corrected chi connectivity index (χ0v) is 5.81. The van der Waals surface area contributed by atoms with Crippen molar-refractivity contribution in [2.24, 2.45) is 5.92 Å². The zero-order chi connectivity index (χ0) is 6.69. The van der Waals surface area contributed by atoms with Gasteiger partial charge in [0.15, 0.2) is 0 Å². The summed E-state index contributed by atoms with van der Waals surface area (Å²) < 4.78 is 0. The first-order valence-electron chi connectivity index (χ1n) is 3.55.